The Kier molecular flexibility index (Phi) is 5.12. The van der Waals surface area contributed by atoms with Crippen molar-refractivity contribution in [2.24, 2.45) is 0 Å². The fourth-order valence-corrected chi connectivity index (χ4v) is 3.15. The Morgan fingerprint density at radius 3 is 2.73 bits per heavy atom. The third-order valence-corrected chi connectivity index (χ3v) is 4.38. The summed E-state index contributed by atoms with van der Waals surface area (Å²) in [4.78, 5) is 11.4. The maximum absolute atomic E-state index is 12.0. The molecule has 1 amide bonds. The molecule has 1 aromatic carbocycles. The topological polar surface area (TPSA) is 84.9 Å². The second kappa shape index (κ2) is 6.87. The van der Waals surface area contributed by atoms with E-state index >= 15 is 0 Å². The molecule has 0 aromatic heterocycles. The van der Waals surface area contributed by atoms with Crippen molar-refractivity contribution in [2.75, 3.05) is 30.4 Å². The third-order valence-electron chi connectivity index (χ3n) is 3.18. The van der Waals surface area contributed by atoms with Gasteiger partial charge in [0.2, 0.25) is 22.7 Å². The number of ether oxygens (including phenoxy) is 2. The normalized spacial score (nSPS) is 13.0. The lowest BCUT2D eigenvalue weighted by Gasteiger charge is -2.22. The minimum absolute atomic E-state index is 0.0818. The summed E-state index contributed by atoms with van der Waals surface area (Å²) in [7, 11) is -3.44. The second-order valence-electron chi connectivity index (χ2n) is 4.93. The number of fused-ring (bicyclic) bond motifs is 1. The molecular weight excluding hydrogens is 308 g/mol. The van der Waals surface area contributed by atoms with Gasteiger partial charge in [-0.1, -0.05) is 0 Å². The van der Waals surface area contributed by atoms with Crippen LogP contribution in [0, 0.1) is 0 Å². The Balaban J connectivity index is 2.09. The van der Waals surface area contributed by atoms with Crippen LogP contribution in [-0.4, -0.2) is 40.5 Å². The minimum atomic E-state index is -3.44. The lowest BCUT2D eigenvalue weighted by molar-refractivity contribution is -0.121. The summed E-state index contributed by atoms with van der Waals surface area (Å²) in [6.07, 6.45) is 1.86. The summed E-state index contributed by atoms with van der Waals surface area (Å²) in [6, 6.07) is 4.98. The van der Waals surface area contributed by atoms with Crippen molar-refractivity contribution < 1.29 is 22.7 Å². The predicted molar refractivity (Wildman–Crippen MR) is 82.7 cm³/mol. The van der Waals surface area contributed by atoms with Crippen molar-refractivity contribution in [3.8, 4) is 11.5 Å². The molecule has 1 heterocycles. The zero-order valence-electron chi connectivity index (χ0n) is 12.7. The molecule has 0 saturated heterocycles. The van der Waals surface area contributed by atoms with Crippen LogP contribution in [0.2, 0.25) is 0 Å². The number of nitrogens with one attached hydrogen (secondary N) is 1. The molecule has 1 N–H and O–H groups in total. The molecule has 0 spiro atoms. The summed E-state index contributed by atoms with van der Waals surface area (Å²) >= 11 is 0. The highest BCUT2D eigenvalue weighted by Crippen LogP contribution is 2.36. The molecule has 122 valence electrons. The SMILES string of the molecule is CCNC(=O)CCCN(c1ccc2c(c1)OCO2)S(C)(=O)=O. The monoisotopic (exact) mass is 328 g/mol. The summed E-state index contributed by atoms with van der Waals surface area (Å²) in [6.45, 7) is 2.77. The molecule has 22 heavy (non-hydrogen) atoms. The maximum atomic E-state index is 12.0. The van der Waals surface area contributed by atoms with Gasteiger partial charge in [-0.15, -0.1) is 0 Å². The molecule has 1 aliphatic heterocycles. The lowest BCUT2D eigenvalue weighted by atomic mass is 10.2. The molecule has 0 unspecified atom stereocenters. The van der Waals surface area contributed by atoms with Crippen LogP contribution in [0.3, 0.4) is 0 Å². The highest BCUT2D eigenvalue weighted by Gasteiger charge is 2.21. The zero-order chi connectivity index (χ0) is 16.2. The quantitative estimate of drug-likeness (QED) is 0.810. The Morgan fingerprint density at radius 2 is 2.05 bits per heavy atom. The van der Waals surface area contributed by atoms with E-state index in [0.29, 0.717) is 30.2 Å². The summed E-state index contributed by atoms with van der Waals surface area (Å²) < 4.78 is 35.7. The van der Waals surface area contributed by atoms with Gasteiger partial charge in [0.1, 0.15) is 0 Å². The van der Waals surface area contributed by atoms with E-state index in [-0.39, 0.29) is 25.7 Å². The van der Waals surface area contributed by atoms with Crippen molar-refractivity contribution in [3.63, 3.8) is 0 Å². The van der Waals surface area contributed by atoms with E-state index in [1.807, 2.05) is 6.92 Å². The number of hydrogen-bond acceptors (Lipinski definition) is 5. The van der Waals surface area contributed by atoms with Gasteiger partial charge in [0.15, 0.2) is 11.5 Å². The van der Waals surface area contributed by atoms with Crippen molar-refractivity contribution in [2.45, 2.75) is 19.8 Å². The van der Waals surface area contributed by atoms with E-state index in [2.05, 4.69) is 5.32 Å². The van der Waals surface area contributed by atoms with Crippen LogP contribution >= 0.6 is 0 Å². The number of rotatable bonds is 7. The fraction of sp³-hybridized carbons (Fsp3) is 0.500. The van der Waals surface area contributed by atoms with Gasteiger partial charge >= 0.3 is 0 Å². The van der Waals surface area contributed by atoms with E-state index in [1.54, 1.807) is 18.2 Å². The Labute approximate surface area is 130 Å². The van der Waals surface area contributed by atoms with Crippen LogP contribution in [0.25, 0.3) is 0 Å². The van der Waals surface area contributed by atoms with Crippen molar-refractivity contribution in [3.05, 3.63) is 18.2 Å². The molecule has 0 aliphatic carbocycles. The maximum Gasteiger partial charge on any atom is 0.232 e. The summed E-state index contributed by atoms with van der Waals surface area (Å²) in [5, 5.41) is 2.69. The van der Waals surface area contributed by atoms with Crippen LogP contribution in [0.5, 0.6) is 11.5 Å². The van der Waals surface area contributed by atoms with Gasteiger partial charge in [-0.05, 0) is 25.5 Å². The fourth-order valence-electron chi connectivity index (χ4n) is 2.20. The molecule has 8 heteroatoms. The first-order valence-corrected chi connectivity index (χ1v) is 8.90. The Morgan fingerprint density at radius 1 is 1.32 bits per heavy atom. The summed E-state index contributed by atoms with van der Waals surface area (Å²) in [5.41, 5.74) is 0.502. The van der Waals surface area contributed by atoms with Crippen LogP contribution in [0.4, 0.5) is 5.69 Å². The molecule has 1 aliphatic rings. The minimum Gasteiger partial charge on any atom is -0.454 e. The number of hydrogen-bond donors (Lipinski definition) is 1. The predicted octanol–water partition coefficient (Wildman–Crippen LogP) is 1.10. The second-order valence-corrected chi connectivity index (χ2v) is 6.84. The average Bonchev–Trinajstić information content (AvgIpc) is 2.89. The van der Waals surface area contributed by atoms with Gasteiger partial charge in [0.05, 0.1) is 11.9 Å². The highest BCUT2D eigenvalue weighted by atomic mass is 32.2. The number of sulfonamides is 1. The number of benzene rings is 1. The standard InChI is InChI=1S/C14H20N2O5S/c1-3-15-14(17)5-4-8-16(22(2,18)19)11-6-7-12-13(9-11)21-10-20-12/h6-7,9H,3-5,8,10H2,1-2H3,(H,15,17). The summed E-state index contributed by atoms with van der Waals surface area (Å²) in [5.74, 6) is 1.04. The van der Waals surface area contributed by atoms with Crippen molar-refractivity contribution in [1.82, 2.24) is 5.32 Å². The molecule has 0 saturated carbocycles. The number of carbonyl (C=O) groups excluding carboxylic acids is 1. The largest absolute Gasteiger partial charge is 0.454 e. The van der Waals surface area contributed by atoms with Gasteiger partial charge in [0, 0.05) is 25.6 Å². The third kappa shape index (κ3) is 4.03. The first-order valence-electron chi connectivity index (χ1n) is 7.06. The van der Waals surface area contributed by atoms with E-state index in [4.69, 9.17) is 9.47 Å². The average molecular weight is 328 g/mol. The van der Waals surface area contributed by atoms with Crippen LogP contribution in [0.15, 0.2) is 18.2 Å². The van der Waals surface area contributed by atoms with E-state index < -0.39 is 10.0 Å². The van der Waals surface area contributed by atoms with Crippen LogP contribution in [-0.2, 0) is 14.8 Å². The highest BCUT2D eigenvalue weighted by molar-refractivity contribution is 7.92. The molecule has 7 nitrogen and oxygen atoms in total. The van der Waals surface area contributed by atoms with Crippen molar-refractivity contribution in [1.29, 1.82) is 0 Å². The van der Waals surface area contributed by atoms with Crippen LogP contribution < -0.4 is 19.1 Å². The van der Waals surface area contributed by atoms with Gasteiger partial charge in [-0.25, -0.2) is 8.42 Å². The van der Waals surface area contributed by atoms with Crippen molar-refractivity contribution >= 4 is 21.6 Å². The molecule has 2 rings (SSSR count). The number of amides is 1. The molecule has 0 atom stereocenters. The molecule has 0 radical (unpaired) electrons. The lowest BCUT2D eigenvalue weighted by Crippen LogP contribution is -2.32. The zero-order valence-corrected chi connectivity index (χ0v) is 13.5. The van der Waals surface area contributed by atoms with Crippen LogP contribution in [0.1, 0.15) is 19.8 Å². The molecule has 1 aromatic rings. The number of carbonyl (C=O) groups is 1. The number of nitrogens with zero attached hydrogens (tertiary/aromatic N) is 1. The van der Waals surface area contributed by atoms with Gasteiger partial charge in [-0.2, -0.15) is 0 Å². The first-order chi connectivity index (χ1) is 10.4. The van der Waals surface area contributed by atoms with Gasteiger partial charge in [0.25, 0.3) is 0 Å². The number of anilines is 1. The Bertz CT molecular complexity index is 645. The van der Waals surface area contributed by atoms with Gasteiger partial charge in [-0.3, -0.25) is 9.10 Å². The molecule has 0 bridgehead atoms. The molecule has 0 fully saturated rings. The van der Waals surface area contributed by atoms with E-state index in [9.17, 15) is 13.2 Å². The first kappa shape index (κ1) is 16.4. The Hall–Kier alpha value is -1.96. The molecular formula is C14H20N2O5S. The smallest absolute Gasteiger partial charge is 0.232 e. The van der Waals surface area contributed by atoms with E-state index in [0.717, 1.165) is 6.26 Å². The van der Waals surface area contributed by atoms with Gasteiger partial charge < -0.3 is 14.8 Å². The van der Waals surface area contributed by atoms with E-state index in [1.165, 1.54) is 4.31 Å².